The van der Waals surface area contributed by atoms with Gasteiger partial charge in [-0.2, -0.15) is 0 Å². The zero-order chi connectivity index (χ0) is 14.7. The molecule has 2 aromatic rings. The molecule has 1 saturated carbocycles. The van der Waals surface area contributed by atoms with Crippen molar-refractivity contribution in [2.24, 2.45) is 5.84 Å². The van der Waals surface area contributed by atoms with Crippen molar-refractivity contribution in [2.45, 2.75) is 51.0 Å². The second-order valence-corrected chi connectivity index (χ2v) is 5.76. The van der Waals surface area contributed by atoms with Crippen LogP contribution in [-0.2, 0) is 11.3 Å². The van der Waals surface area contributed by atoms with Crippen molar-refractivity contribution < 1.29 is 4.79 Å². The number of hydrazine groups is 1. The largest absolute Gasteiger partial charge is 0.327 e. The van der Waals surface area contributed by atoms with E-state index in [0.29, 0.717) is 18.9 Å². The lowest BCUT2D eigenvalue weighted by Gasteiger charge is -2.22. The fourth-order valence-electron chi connectivity index (χ4n) is 3.29. The van der Waals surface area contributed by atoms with Crippen LogP contribution in [0.25, 0.3) is 11.0 Å². The van der Waals surface area contributed by atoms with Crippen LogP contribution in [-0.4, -0.2) is 15.5 Å². The lowest BCUT2D eigenvalue weighted by Crippen LogP contribution is -2.30. The van der Waals surface area contributed by atoms with E-state index in [1.54, 1.807) is 0 Å². The van der Waals surface area contributed by atoms with Crippen LogP contribution >= 0.6 is 0 Å². The molecule has 21 heavy (non-hydrogen) atoms. The molecule has 5 heteroatoms. The van der Waals surface area contributed by atoms with Crippen molar-refractivity contribution in [3.63, 3.8) is 0 Å². The van der Waals surface area contributed by atoms with Gasteiger partial charge in [0, 0.05) is 18.9 Å². The summed E-state index contributed by atoms with van der Waals surface area (Å²) in [5, 5.41) is 0. The van der Waals surface area contributed by atoms with E-state index in [2.05, 4.69) is 16.1 Å². The molecule has 0 saturated heterocycles. The van der Waals surface area contributed by atoms with Gasteiger partial charge in [0.1, 0.15) is 5.82 Å². The van der Waals surface area contributed by atoms with Crippen LogP contribution in [0.5, 0.6) is 0 Å². The van der Waals surface area contributed by atoms with E-state index in [0.717, 1.165) is 16.9 Å². The summed E-state index contributed by atoms with van der Waals surface area (Å²) in [6, 6.07) is 8.15. The van der Waals surface area contributed by atoms with Crippen LogP contribution in [0.3, 0.4) is 0 Å². The maximum Gasteiger partial charge on any atom is 0.235 e. The normalized spacial score (nSPS) is 16.2. The molecule has 1 aliphatic rings. The fourth-order valence-corrected chi connectivity index (χ4v) is 3.29. The fraction of sp³-hybridized carbons (Fsp3) is 0.500. The van der Waals surface area contributed by atoms with Gasteiger partial charge in [-0.3, -0.25) is 10.2 Å². The Morgan fingerprint density at radius 2 is 2.05 bits per heavy atom. The van der Waals surface area contributed by atoms with Crippen molar-refractivity contribution in [1.82, 2.24) is 15.0 Å². The Balaban J connectivity index is 1.94. The Kier molecular flexibility index (Phi) is 4.20. The van der Waals surface area contributed by atoms with Crippen LogP contribution in [0, 0.1) is 0 Å². The van der Waals surface area contributed by atoms with Gasteiger partial charge in [-0.25, -0.2) is 10.8 Å². The minimum Gasteiger partial charge on any atom is -0.327 e. The number of nitrogens with zero attached hydrogens (tertiary/aromatic N) is 2. The summed E-state index contributed by atoms with van der Waals surface area (Å²) in [6.45, 7) is 0.634. The molecule has 1 fully saturated rings. The molecule has 1 heterocycles. The summed E-state index contributed by atoms with van der Waals surface area (Å²) in [5.74, 6) is 6.70. The standard InChI is InChI=1S/C16H22N4O/c17-19-15(21)10-11-20-14-9-5-4-8-13(14)18-16(20)12-6-2-1-3-7-12/h4-5,8-9,12H,1-3,6-7,10-11,17H2,(H,19,21). The molecular formula is C16H22N4O. The van der Waals surface area contributed by atoms with Gasteiger partial charge in [0.25, 0.3) is 0 Å². The van der Waals surface area contributed by atoms with Crippen molar-refractivity contribution in [3.05, 3.63) is 30.1 Å². The quantitative estimate of drug-likeness (QED) is 0.515. The maximum absolute atomic E-state index is 11.5. The number of hydrogen-bond acceptors (Lipinski definition) is 3. The summed E-state index contributed by atoms with van der Waals surface area (Å²) >= 11 is 0. The van der Waals surface area contributed by atoms with E-state index in [9.17, 15) is 4.79 Å². The highest BCUT2D eigenvalue weighted by Gasteiger charge is 2.22. The number of nitrogens with two attached hydrogens (primary N) is 1. The molecule has 112 valence electrons. The minimum atomic E-state index is -0.137. The van der Waals surface area contributed by atoms with Crippen LogP contribution in [0.4, 0.5) is 0 Å². The molecule has 5 nitrogen and oxygen atoms in total. The number of amides is 1. The first-order valence-electron chi connectivity index (χ1n) is 7.74. The molecule has 1 aliphatic carbocycles. The Hall–Kier alpha value is -1.88. The molecule has 0 aliphatic heterocycles. The number of nitrogens with one attached hydrogen (secondary N) is 1. The van der Waals surface area contributed by atoms with Crippen molar-refractivity contribution >= 4 is 16.9 Å². The second-order valence-electron chi connectivity index (χ2n) is 5.76. The number of carbonyl (C=O) groups excluding carboxylic acids is 1. The third-order valence-electron chi connectivity index (χ3n) is 4.38. The van der Waals surface area contributed by atoms with Gasteiger partial charge >= 0.3 is 0 Å². The minimum absolute atomic E-state index is 0.137. The van der Waals surface area contributed by atoms with Crippen molar-refractivity contribution in [3.8, 4) is 0 Å². The summed E-state index contributed by atoms with van der Waals surface area (Å²) in [4.78, 5) is 16.3. The molecule has 3 N–H and O–H groups in total. The molecule has 0 spiro atoms. The highest BCUT2D eigenvalue weighted by Crippen LogP contribution is 2.33. The van der Waals surface area contributed by atoms with E-state index in [4.69, 9.17) is 10.8 Å². The van der Waals surface area contributed by atoms with Gasteiger partial charge in [0.05, 0.1) is 11.0 Å². The van der Waals surface area contributed by atoms with Crippen LogP contribution in [0.2, 0.25) is 0 Å². The molecule has 0 bridgehead atoms. The number of benzene rings is 1. The van der Waals surface area contributed by atoms with E-state index >= 15 is 0 Å². The SMILES string of the molecule is NNC(=O)CCn1c(C2CCCCC2)nc2ccccc21. The predicted molar refractivity (Wildman–Crippen MR) is 82.5 cm³/mol. The number of para-hydroxylation sites is 2. The smallest absolute Gasteiger partial charge is 0.235 e. The first-order chi connectivity index (χ1) is 10.3. The third kappa shape index (κ3) is 2.93. The molecule has 1 aromatic carbocycles. The highest BCUT2D eigenvalue weighted by atomic mass is 16.2. The Bertz CT molecular complexity index is 628. The monoisotopic (exact) mass is 286 g/mol. The number of aryl methyl sites for hydroxylation is 1. The topological polar surface area (TPSA) is 72.9 Å². The van der Waals surface area contributed by atoms with Crippen LogP contribution in [0.15, 0.2) is 24.3 Å². The van der Waals surface area contributed by atoms with E-state index in [-0.39, 0.29) is 5.91 Å². The second kappa shape index (κ2) is 6.26. The van der Waals surface area contributed by atoms with Gasteiger partial charge in [0.15, 0.2) is 0 Å². The lowest BCUT2D eigenvalue weighted by molar-refractivity contribution is -0.121. The Morgan fingerprint density at radius 1 is 1.29 bits per heavy atom. The first kappa shape index (κ1) is 14.1. The van der Waals surface area contributed by atoms with Gasteiger partial charge in [-0.05, 0) is 25.0 Å². The molecular weight excluding hydrogens is 264 g/mol. The van der Waals surface area contributed by atoms with Crippen molar-refractivity contribution in [1.29, 1.82) is 0 Å². The van der Waals surface area contributed by atoms with E-state index in [1.807, 2.05) is 18.2 Å². The number of aromatic nitrogens is 2. The number of hydrogen-bond donors (Lipinski definition) is 2. The molecule has 0 radical (unpaired) electrons. The molecule has 1 amide bonds. The average Bonchev–Trinajstić information content (AvgIpc) is 2.92. The van der Waals surface area contributed by atoms with Gasteiger partial charge < -0.3 is 4.57 Å². The Labute approximate surface area is 124 Å². The molecule has 0 unspecified atom stereocenters. The zero-order valence-corrected chi connectivity index (χ0v) is 12.2. The van der Waals surface area contributed by atoms with E-state index in [1.165, 1.54) is 32.1 Å². The number of carbonyl (C=O) groups is 1. The summed E-state index contributed by atoms with van der Waals surface area (Å²) in [5.41, 5.74) is 4.34. The molecule has 3 rings (SSSR count). The third-order valence-corrected chi connectivity index (χ3v) is 4.38. The number of fused-ring (bicyclic) bond motifs is 1. The highest BCUT2D eigenvalue weighted by molar-refractivity contribution is 5.77. The first-order valence-corrected chi connectivity index (χ1v) is 7.74. The summed E-state index contributed by atoms with van der Waals surface area (Å²) in [6.07, 6.45) is 6.66. The van der Waals surface area contributed by atoms with Crippen LogP contribution in [0.1, 0.15) is 50.3 Å². The maximum atomic E-state index is 11.5. The predicted octanol–water partition coefficient (Wildman–Crippen LogP) is 2.46. The number of imidazole rings is 1. The van der Waals surface area contributed by atoms with Gasteiger partial charge in [0.2, 0.25) is 5.91 Å². The van der Waals surface area contributed by atoms with E-state index < -0.39 is 0 Å². The summed E-state index contributed by atoms with van der Waals surface area (Å²) < 4.78 is 2.21. The van der Waals surface area contributed by atoms with Gasteiger partial charge in [-0.15, -0.1) is 0 Å². The lowest BCUT2D eigenvalue weighted by atomic mass is 9.88. The Morgan fingerprint density at radius 3 is 2.81 bits per heavy atom. The summed E-state index contributed by atoms with van der Waals surface area (Å²) in [7, 11) is 0. The van der Waals surface area contributed by atoms with Crippen molar-refractivity contribution in [2.75, 3.05) is 0 Å². The zero-order valence-electron chi connectivity index (χ0n) is 12.2. The van der Waals surface area contributed by atoms with Gasteiger partial charge in [-0.1, -0.05) is 31.4 Å². The van der Waals surface area contributed by atoms with Crippen LogP contribution < -0.4 is 11.3 Å². The number of rotatable bonds is 4. The molecule has 0 atom stereocenters. The average molecular weight is 286 g/mol. The molecule has 1 aromatic heterocycles.